The molecule has 0 aliphatic rings. The minimum atomic E-state index is 0.816. The highest BCUT2D eigenvalue weighted by atomic mass is 15.0. The molecule has 2 aromatic rings. The van der Waals surface area contributed by atoms with Crippen molar-refractivity contribution >= 4 is 19.3 Å². The van der Waals surface area contributed by atoms with E-state index in [1.165, 1.54) is 11.1 Å². The Kier molecular flexibility index (Phi) is 3.25. The van der Waals surface area contributed by atoms with Gasteiger partial charge in [-0.05, 0) is 24.1 Å². The number of anilines is 1. The number of nitrogens with zero attached hydrogens (tertiary/aromatic N) is 1. The second kappa shape index (κ2) is 4.84. The lowest BCUT2D eigenvalue weighted by molar-refractivity contribution is 1.12. The molecule has 0 amide bonds. The van der Waals surface area contributed by atoms with Crippen LogP contribution in [0.25, 0.3) is 0 Å². The average molecular weight is 210 g/mol. The molecule has 0 spiro atoms. The Labute approximate surface area is 97.1 Å². The van der Waals surface area contributed by atoms with Gasteiger partial charge in [0.05, 0.1) is 0 Å². The van der Waals surface area contributed by atoms with Gasteiger partial charge in [0.1, 0.15) is 5.82 Å². The van der Waals surface area contributed by atoms with Gasteiger partial charge in [-0.3, -0.25) is 0 Å². The first-order valence-electron chi connectivity index (χ1n) is 5.47. The van der Waals surface area contributed by atoms with Gasteiger partial charge in [0.2, 0.25) is 0 Å². The Morgan fingerprint density at radius 2 is 1.88 bits per heavy atom. The van der Waals surface area contributed by atoms with E-state index in [4.69, 9.17) is 0 Å². The fourth-order valence-corrected chi connectivity index (χ4v) is 1.54. The van der Waals surface area contributed by atoms with Gasteiger partial charge in [-0.15, -0.1) is 0 Å². The van der Waals surface area contributed by atoms with Crippen molar-refractivity contribution in [3.8, 4) is 0 Å². The summed E-state index contributed by atoms with van der Waals surface area (Å²) in [5, 5.41) is 3.31. The van der Waals surface area contributed by atoms with Gasteiger partial charge in [-0.1, -0.05) is 42.0 Å². The first kappa shape index (κ1) is 10.7. The van der Waals surface area contributed by atoms with Crippen LogP contribution in [0.4, 0.5) is 5.82 Å². The first-order valence-corrected chi connectivity index (χ1v) is 5.47. The summed E-state index contributed by atoms with van der Waals surface area (Å²) in [5.74, 6) is 0.931. The minimum Gasteiger partial charge on any atom is -0.366 e. The fraction of sp³-hybridized carbons (Fsp3) is 0.154. The third-order valence-electron chi connectivity index (χ3n) is 2.48. The molecule has 1 aromatic heterocycles. The predicted octanol–water partition coefficient (Wildman–Crippen LogP) is 1.26. The molecule has 0 atom stereocenters. The molecule has 0 aliphatic heterocycles. The van der Waals surface area contributed by atoms with E-state index >= 15 is 0 Å². The number of aromatic nitrogens is 1. The molecule has 1 aromatic carbocycles. The van der Waals surface area contributed by atoms with Crippen molar-refractivity contribution in [2.45, 2.75) is 13.5 Å². The van der Waals surface area contributed by atoms with Crippen LogP contribution in [0.1, 0.15) is 11.1 Å². The highest BCUT2D eigenvalue weighted by Gasteiger charge is 1.95. The lowest BCUT2D eigenvalue weighted by Crippen LogP contribution is -2.10. The molecule has 80 valence electrons. The third-order valence-corrected chi connectivity index (χ3v) is 2.48. The average Bonchev–Trinajstić information content (AvgIpc) is 2.28. The number of nitrogens with one attached hydrogen (secondary N) is 1. The zero-order valence-corrected chi connectivity index (χ0v) is 9.70. The zero-order valence-electron chi connectivity index (χ0n) is 9.70. The third kappa shape index (κ3) is 2.86. The highest BCUT2D eigenvalue weighted by molar-refractivity contribution is 6.30. The zero-order chi connectivity index (χ0) is 11.4. The first-order chi connectivity index (χ1) is 7.74. The van der Waals surface area contributed by atoms with E-state index in [-0.39, 0.29) is 0 Å². The molecule has 0 radical (unpaired) electrons. The van der Waals surface area contributed by atoms with E-state index in [0.29, 0.717) is 0 Å². The molecule has 0 unspecified atom stereocenters. The molecule has 0 saturated heterocycles. The van der Waals surface area contributed by atoms with Crippen LogP contribution in [0.2, 0.25) is 0 Å². The van der Waals surface area contributed by atoms with Gasteiger partial charge in [0.25, 0.3) is 0 Å². The summed E-state index contributed by atoms with van der Waals surface area (Å²) in [6, 6.07) is 14.5. The molecule has 0 bridgehead atoms. The van der Waals surface area contributed by atoms with E-state index in [2.05, 4.69) is 41.5 Å². The molecule has 1 heterocycles. The van der Waals surface area contributed by atoms with Crippen LogP contribution in [0.15, 0.2) is 42.5 Å². The van der Waals surface area contributed by atoms with E-state index in [9.17, 15) is 0 Å². The molecular weight excluding hydrogens is 195 g/mol. The summed E-state index contributed by atoms with van der Waals surface area (Å²) < 4.78 is 0. The summed E-state index contributed by atoms with van der Waals surface area (Å²) in [6.45, 7) is 2.91. The van der Waals surface area contributed by atoms with Crippen LogP contribution >= 0.6 is 0 Å². The van der Waals surface area contributed by atoms with Crippen molar-refractivity contribution in [1.29, 1.82) is 0 Å². The van der Waals surface area contributed by atoms with Crippen LogP contribution < -0.4 is 10.9 Å². The van der Waals surface area contributed by atoms with E-state index in [1.807, 2.05) is 26.0 Å². The van der Waals surface area contributed by atoms with Gasteiger partial charge in [-0.25, -0.2) is 4.98 Å². The van der Waals surface area contributed by atoms with Crippen LogP contribution in [-0.2, 0) is 6.54 Å². The van der Waals surface area contributed by atoms with E-state index < -0.39 is 0 Å². The number of hydrogen-bond acceptors (Lipinski definition) is 2. The quantitative estimate of drug-likeness (QED) is 0.771. The van der Waals surface area contributed by atoms with Crippen molar-refractivity contribution < 1.29 is 0 Å². The topological polar surface area (TPSA) is 24.9 Å². The number of hydrogen-bond donors (Lipinski definition) is 1. The van der Waals surface area contributed by atoms with Gasteiger partial charge < -0.3 is 5.32 Å². The van der Waals surface area contributed by atoms with Crippen LogP contribution in [0, 0.1) is 6.92 Å². The van der Waals surface area contributed by atoms with Crippen molar-refractivity contribution in [2.75, 3.05) is 5.32 Å². The largest absolute Gasteiger partial charge is 0.366 e. The maximum Gasteiger partial charge on any atom is 0.164 e. The lowest BCUT2D eigenvalue weighted by Gasteiger charge is -2.06. The SMILES string of the molecule is Bc1cccc(NCc2ccc(C)cc2)n1. The summed E-state index contributed by atoms with van der Waals surface area (Å²) in [7, 11) is 2.00. The fourth-order valence-electron chi connectivity index (χ4n) is 1.54. The Bertz CT molecular complexity index is 466. The molecule has 0 saturated carbocycles. The number of rotatable bonds is 3. The maximum atomic E-state index is 4.39. The van der Waals surface area contributed by atoms with Gasteiger partial charge in [0.15, 0.2) is 7.85 Å². The standard InChI is InChI=1S/C13H15BN2/c1-10-5-7-11(8-6-10)9-15-13-4-2-3-12(14)16-13/h2-8H,9,14H2,1H3,(H,15,16). The molecule has 16 heavy (non-hydrogen) atoms. The van der Waals surface area contributed by atoms with Gasteiger partial charge >= 0.3 is 0 Å². The maximum absolute atomic E-state index is 4.39. The molecule has 0 fully saturated rings. The van der Waals surface area contributed by atoms with Crippen molar-refractivity contribution in [3.63, 3.8) is 0 Å². The van der Waals surface area contributed by atoms with Gasteiger partial charge in [-0.2, -0.15) is 0 Å². The second-order valence-electron chi connectivity index (χ2n) is 4.00. The Morgan fingerprint density at radius 3 is 2.56 bits per heavy atom. The highest BCUT2D eigenvalue weighted by Crippen LogP contribution is 2.06. The summed E-state index contributed by atoms with van der Waals surface area (Å²) in [5.41, 5.74) is 3.60. The Morgan fingerprint density at radius 1 is 1.12 bits per heavy atom. The van der Waals surface area contributed by atoms with Crippen molar-refractivity contribution in [3.05, 3.63) is 53.6 Å². The summed E-state index contributed by atoms with van der Waals surface area (Å²) in [4.78, 5) is 4.39. The van der Waals surface area contributed by atoms with E-state index in [0.717, 1.165) is 18.0 Å². The summed E-state index contributed by atoms with van der Waals surface area (Å²) in [6.07, 6.45) is 0. The monoisotopic (exact) mass is 210 g/mol. The lowest BCUT2D eigenvalue weighted by atomic mass is 10.0. The molecule has 0 aliphatic carbocycles. The second-order valence-corrected chi connectivity index (χ2v) is 4.00. The predicted molar refractivity (Wildman–Crippen MR) is 70.9 cm³/mol. The Hall–Kier alpha value is -1.77. The van der Waals surface area contributed by atoms with Crippen LogP contribution in [-0.4, -0.2) is 12.8 Å². The molecule has 3 heteroatoms. The number of aryl methyl sites for hydroxylation is 1. The molecular formula is C13H15BN2. The van der Waals surface area contributed by atoms with Gasteiger partial charge in [0, 0.05) is 6.54 Å². The smallest absolute Gasteiger partial charge is 0.164 e. The Balaban J connectivity index is 1.99. The van der Waals surface area contributed by atoms with Crippen molar-refractivity contribution in [1.82, 2.24) is 4.98 Å². The normalized spacial score (nSPS) is 10.1. The molecule has 2 rings (SSSR count). The van der Waals surface area contributed by atoms with Crippen molar-refractivity contribution in [2.24, 2.45) is 0 Å². The summed E-state index contributed by atoms with van der Waals surface area (Å²) >= 11 is 0. The number of benzene rings is 1. The van der Waals surface area contributed by atoms with E-state index in [1.54, 1.807) is 0 Å². The van der Waals surface area contributed by atoms with Crippen LogP contribution in [0.3, 0.4) is 0 Å². The molecule has 2 nitrogen and oxygen atoms in total. The number of pyridine rings is 1. The van der Waals surface area contributed by atoms with Crippen LogP contribution in [0.5, 0.6) is 0 Å². The minimum absolute atomic E-state index is 0.816. The molecule has 1 N–H and O–H groups in total.